The number of rotatable bonds is 38. The number of amides is 1. The molecule has 0 aromatic carbocycles. The maximum atomic E-state index is 12.8. The lowest BCUT2D eigenvalue weighted by Crippen LogP contribution is -2.65. The zero-order chi connectivity index (χ0) is 45.4. The molecule has 0 saturated carbocycles. The normalized spacial score (nSPS) is 27.8. The quantitative estimate of drug-likeness (QED) is 0.0257. The Hall–Kier alpha value is -1.27. The van der Waals surface area contributed by atoms with Gasteiger partial charge >= 0.3 is 0 Å². The highest BCUT2D eigenvalue weighted by atomic mass is 16.7. The Morgan fingerprint density at radius 3 is 1.48 bits per heavy atom. The Kier molecular flexibility index (Phi) is 32.9. The molecule has 366 valence electrons. The lowest BCUT2D eigenvalue weighted by atomic mass is 9.97. The van der Waals surface area contributed by atoms with Gasteiger partial charge in [-0.1, -0.05) is 180 Å². The van der Waals surface area contributed by atoms with Crippen molar-refractivity contribution < 1.29 is 64.6 Å². The van der Waals surface area contributed by atoms with Gasteiger partial charge < -0.3 is 65.1 Å². The predicted molar refractivity (Wildman–Crippen MR) is 240 cm³/mol. The fourth-order valence-electron chi connectivity index (χ4n) is 8.35. The first-order valence-corrected chi connectivity index (χ1v) is 24.9. The smallest absolute Gasteiger partial charge is 0.220 e. The Bertz CT molecular complexity index is 1100. The molecule has 12 atom stereocenters. The summed E-state index contributed by atoms with van der Waals surface area (Å²) in [4.78, 5) is 12.8. The van der Waals surface area contributed by atoms with Gasteiger partial charge in [0.05, 0.1) is 32.0 Å². The summed E-state index contributed by atoms with van der Waals surface area (Å²) < 4.78 is 22.5. The summed E-state index contributed by atoms with van der Waals surface area (Å²) >= 11 is 0. The number of nitrogens with one attached hydrogen (secondary N) is 1. The van der Waals surface area contributed by atoms with Crippen LogP contribution in [0.5, 0.6) is 0 Å². The van der Waals surface area contributed by atoms with E-state index in [1.807, 2.05) is 13.0 Å². The lowest BCUT2D eigenvalue weighted by molar-refractivity contribution is -0.359. The van der Waals surface area contributed by atoms with Crippen molar-refractivity contribution in [3.05, 3.63) is 12.2 Å². The van der Waals surface area contributed by atoms with Crippen LogP contribution >= 0.6 is 0 Å². The van der Waals surface area contributed by atoms with Gasteiger partial charge in [0.15, 0.2) is 12.6 Å². The Balaban J connectivity index is 1.65. The molecule has 12 unspecified atom stereocenters. The Morgan fingerprint density at radius 1 is 0.565 bits per heavy atom. The van der Waals surface area contributed by atoms with E-state index < -0.39 is 86.8 Å². The summed E-state index contributed by atoms with van der Waals surface area (Å²) in [6.45, 7) is 2.60. The van der Waals surface area contributed by atoms with E-state index in [0.29, 0.717) is 6.42 Å². The molecule has 1 amide bonds. The van der Waals surface area contributed by atoms with Crippen molar-refractivity contribution in [1.29, 1.82) is 0 Å². The molecule has 14 nitrogen and oxygen atoms in total. The van der Waals surface area contributed by atoms with E-state index >= 15 is 0 Å². The van der Waals surface area contributed by atoms with E-state index in [1.165, 1.54) is 135 Å². The summed E-state index contributed by atoms with van der Waals surface area (Å²) in [6, 6.07) is -0.904. The minimum atomic E-state index is -1.78. The van der Waals surface area contributed by atoms with Crippen molar-refractivity contribution in [2.75, 3.05) is 19.8 Å². The first-order valence-electron chi connectivity index (χ1n) is 24.9. The van der Waals surface area contributed by atoms with Crippen LogP contribution in [0.3, 0.4) is 0 Å². The third kappa shape index (κ3) is 23.3. The first-order chi connectivity index (χ1) is 30.1. The van der Waals surface area contributed by atoms with Gasteiger partial charge in [-0.25, -0.2) is 0 Å². The van der Waals surface area contributed by atoms with Crippen LogP contribution in [-0.2, 0) is 23.7 Å². The summed E-state index contributed by atoms with van der Waals surface area (Å²) in [5, 5.41) is 86.0. The fraction of sp³-hybridized carbons (Fsp3) is 0.938. The molecule has 9 N–H and O–H groups in total. The van der Waals surface area contributed by atoms with Gasteiger partial charge in [-0.2, -0.15) is 0 Å². The average molecular weight is 890 g/mol. The molecule has 14 heteroatoms. The number of ether oxygens (including phenoxy) is 4. The number of hydrogen-bond acceptors (Lipinski definition) is 13. The minimum Gasteiger partial charge on any atom is -0.394 e. The third-order valence-electron chi connectivity index (χ3n) is 12.5. The number of hydrogen-bond donors (Lipinski definition) is 9. The molecule has 0 aromatic rings. The lowest BCUT2D eigenvalue weighted by Gasteiger charge is -2.46. The number of unbranched alkanes of at least 4 members (excludes halogenated alkanes) is 25. The molecule has 0 aliphatic carbocycles. The number of allylic oxidation sites excluding steroid dienone is 1. The summed E-state index contributed by atoms with van der Waals surface area (Å²) in [5.74, 6) is -0.263. The Labute approximate surface area is 374 Å². The topological polar surface area (TPSA) is 228 Å². The number of carbonyl (C=O) groups is 1. The van der Waals surface area contributed by atoms with Crippen LogP contribution in [0.2, 0.25) is 0 Å². The molecule has 62 heavy (non-hydrogen) atoms. The molecule has 0 spiro atoms. The van der Waals surface area contributed by atoms with Crippen LogP contribution in [0, 0.1) is 0 Å². The average Bonchev–Trinajstić information content (AvgIpc) is 3.27. The zero-order valence-electron chi connectivity index (χ0n) is 38.6. The van der Waals surface area contributed by atoms with Gasteiger partial charge in [-0.05, 0) is 19.3 Å². The van der Waals surface area contributed by atoms with E-state index in [-0.39, 0.29) is 18.9 Å². The van der Waals surface area contributed by atoms with E-state index in [1.54, 1.807) is 6.08 Å². The van der Waals surface area contributed by atoms with Crippen LogP contribution in [0.25, 0.3) is 0 Å². The van der Waals surface area contributed by atoms with Gasteiger partial charge in [0, 0.05) is 6.42 Å². The molecule has 2 rings (SSSR count). The molecule has 0 bridgehead atoms. The van der Waals surface area contributed by atoms with Crippen molar-refractivity contribution >= 4 is 5.91 Å². The molecule has 2 aliphatic heterocycles. The summed E-state index contributed by atoms with van der Waals surface area (Å²) in [5.41, 5.74) is 0. The maximum absolute atomic E-state index is 12.8. The van der Waals surface area contributed by atoms with Crippen molar-refractivity contribution in [2.24, 2.45) is 0 Å². The highest BCUT2D eigenvalue weighted by molar-refractivity contribution is 5.76. The molecule has 2 aliphatic rings. The van der Waals surface area contributed by atoms with Crippen LogP contribution < -0.4 is 5.32 Å². The number of aliphatic hydroxyl groups excluding tert-OH is 8. The second kappa shape index (κ2) is 35.9. The zero-order valence-corrected chi connectivity index (χ0v) is 38.6. The van der Waals surface area contributed by atoms with Crippen LogP contribution in [-0.4, -0.2) is 140 Å². The monoisotopic (exact) mass is 890 g/mol. The van der Waals surface area contributed by atoms with Gasteiger partial charge in [0.25, 0.3) is 0 Å². The van der Waals surface area contributed by atoms with E-state index in [9.17, 15) is 45.6 Å². The molecular weight excluding hydrogens is 799 g/mol. The predicted octanol–water partition coefficient (Wildman–Crippen LogP) is 5.99. The standard InChI is InChI=1S/C48H91NO13/c1-3-5-7-8-9-10-11-12-13-14-15-16-17-18-19-20-21-22-23-24-25-26-27-28-30-31-37(52)36(49-40(53)32-29-6-4-2)35-59-47-45(58)43(56)46(39(34-51)61-47)62-48-44(57)42(55)41(54)38(33-50)60-48/h30-31,36-39,41-48,50-52,54-58H,3-29,32-35H2,1-2H3,(H,49,53)/b31-30+. The molecule has 2 fully saturated rings. The second-order valence-corrected chi connectivity index (χ2v) is 18.0. The molecular formula is C48H91NO13. The van der Waals surface area contributed by atoms with Crippen LogP contribution in [0.4, 0.5) is 0 Å². The van der Waals surface area contributed by atoms with E-state index in [4.69, 9.17) is 18.9 Å². The molecule has 2 saturated heterocycles. The SMILES string of the molecule is CCCCCCCCCCCCCCCCCCCCCCCCC/C=C/C(O)C(COC1OC(CO)C(OC2OC(CO)C(O)C(O)C2O)C(O)C1O)NC(=O)CCCCC. The molecule has 2 heterocycles. The summed E-state index contributed by atoms with van der Waals surface area (Å²) in [7, 11) is 0. The van der Waals surface area contributed by atoms with Gasteiger partial charge in [-0.3, -0.25) is 4.79 Å². The number of carbonyl (C=O) groups excluding carboxylic acids is 1. The highest BCUT2D eigenvalue weighted by Crippen LogP contribution is 2.30. The van der Waals surface area contributed by atoms with Gasteiger partial charge in [-0.15, -0.1) is 0 Å². The summed E-state index contributed by atoms with van der Waals surface area (Å²) in [6.07, 6.45) is 20.9. The van der Waals surface area contributed by atoms with E-state index in [0.717, 1.165) is 32.1 Å². The van der Waals surface area contributed by atoms with Crippen LogP contribution in [0.15, 0.2) is 12.2 Å². The van der Waals surface area contributed by atoms with Gasteiger partial charge in [0.1, 0.15) is 48.8 Å². The van der Waals surface area contributed by atoms with Crippen molar-refractivity contribution in [3.8, 4) is 0 Å². The van der Waals surface area contributed by atoms with Crippen molar-refractivity contribution in [1.82, 2.24) is 5.32 Å². The van der Waals surface area contributed by atoms with Crippen molar-refractivity contribution in [3.63, 3.8) is 0 Å². The van der Waals surface area contributed by atoms with Gasteiger partial charge in [0.2, 0.25) is 5.91 Å². The maximum Gasteiger partial charge on any atom is 0.220 e. The molecule has 0 radical (unpaired) electrons. The largest absolute Gasteiger partial charge is 0.394 e. The Morgan fingerprint density at radius 2 is 1.00 bits per heavy atom. The fourth-order valence-corrected chi connectivity index (χ4v) is 8.35. The first kappa shape index (κ1) is 56.9. The van der Waals surface area contributed by atoms with E-state index in [2.05, 4.69) is 12.2 Å². The minimum absolute atomic E-state index is 0.263. The number of aliphatic hydroxyl groups is 8. The highest BCUT2D eigenvalue weighted by Gasteiger charge is 2.51. The third-order valence-corrected chi connectivity index (χ3v) is 12.5. The van der Waals surface area contributed by atoms with Crippen molar-refractivity contribution in [2.45, 2.75) is 267 Å². The second-order valence-electron chi connectivity index (χ2n) is 18.0. The van der Waals surface area contributed by atoms with Crippen LogP contribution in [0.1, 0.15) is 194 Å². The molecule has 0 aromatic heterocycles.